The Balaban J connectivity index is 1.63. The second kappa shape index (κ2) is 46.5. The summed E-state index contributed by atoms with van der Waals surface area (Å²) in [6, 6.07) is -2.20. The minimum absolute atomic E-state index is 0.00450. The molecule has 0 aromatic heterocycles. The SMILES string of the molecule is CCC(O)C(=O)N(CCCNC(=O)CCCCO[C@@H]1OC(COC(C)=O)[C@H](OC(C)=O)[C@H](C)C1NC(C)=O)CCCN(CCCCC(=O)CCCCO[C@@H]1OC(COC(C)=O)[C@H](OC(C)=O)[C@H](C)C1NC(C)=O)C(=O)CCCCO[C@@H]1OC(COC(C)=O)[C@H](OC(C)=O)[C@H](C)C1NC(C)=O. The molecule has 0 aromatic rings. The summed E-state index contributed by atoms with van der Waals surface area (Å²) >= 11 is 0. The van der Waals surface area contributed by atoms with E-state index in [0.29, 0.717) is 64.2 Å². The van der Waals surface area contributed by atoms with Crippen LogP contribution in [0.4, 0.5) is 0 Å². The van der Waals surface area contributed by atoms with Crippen molar-refractivity contribution in [3.05, 3.63) is 0 Å². The van der Waals surface area contributed by atoms with E-state index < -0.39 is 139 Å². The summed E-state index contributed by atoms with van der Waals surface area (Å²) in [7, 11) is 0. The molecule has 7 unspecified atom stereocenters. The number of ketones is 1. The highest BCUT2D eigenvalue weighted by Crippen LogP contribution is 2.33. The minimum Gasteiger partial charge on any atom is -0.463 e. The molecule has 0 aliphatic carbocycles. The van der Waals surface area contributed by atoms with Gasteiger partial charge in [-0.2, -0.15) is 0 Å². The van der Waals surface area contributed by atoms with Crippen LogP contribution < -0.4 is 21.3 Å². The van der Waals surface area contributed by atoms with Gasteiger partial charge in [0.1, 0.15) is 68.3 Å². The highest BCUT2D eigenvalue weighted by Gasteiger charge is 2.50. The Kier molecular flexibility index (Phi) is 40.6. The zero-order valence-electron chi connectivity index (χ0n) is 60.7. The number of amides is 6. The van der Waals surface area contributed by atoms with E-state index >= 15 is 0 Å². The maximum atomic E-state index is 14.1. The number of carbonyl (C=O) groups excluding carboxylic acids is 13. The van der Waals surface area contributed by atoms with E-state index in [2.05, 4.69) is 21.3 Å². The number of unbranched alkanes of at least 4 members (excludes halogenated alkanes) is 4. The molecule has 32 nitrogen and oxygen atoms in total. The normalized spacial score (nSPS) is 25.1. The molecule has 0 aromatic carbocycles. The third kappa shape index (κ3) is 32.8. The Hall–Kier alpha value is -6.97. The summed E-state index contributed by atoms with van der Waals surface area (Å²) in [5.41, 5.74) is 0. The zero-order valence-corrected chi connectivity index (χ0v) is 60.7. The molecular weight excluding hydrogens is 1320 g/mol. The summed E-state index contributed by atoms with van der Waals surface area (Å²) in [5.74, 6) is -7.07. The number of nitrogens with zero attached hydrogens (tertiary/aromatic N) is 2. The molecule has 0 spiro atoms. The van der Waals surface area contributed by atoms with Crippen LogP contribution in [0.3, 0.4) is 0 Å². The number of nitrogens with one attached hydrogen (secondary N) is 4. The van der Waals surface area contributed by atoms with Gasteiger partial charge in [-0.25, -0.2) is 0 Å². The number of hydrogen-bond acceptors (Lipinski definition) is 26. The predicted molar refractivity (Wildman–Crippen MR) is 353 cm³/mol. The van der Waals surface area contributed by atoms with Crippen molar-refractivity contribution in [2.75, 3.05) is 72.4 Å². The molecule has 3 rings (SSSR count). The fourth-order valence-corrected chi connectivity index (χ4v) is 12.0. The third-order valence-electron chi connectivity index (χ3n) is 17.1. The van der Waals surface area contributed by atoms with Crippen LogP contribution in [-0.4, -0.2) is 244 Å². The predicted octanol–water partition coefficient (Wildman–Crippen LogP) is 2.69. The van der Waals surface area contributed by atoms with Crippen molar-refractivity contribution < 1.29 is 124 Å². The molecule has 0 saturated carbocycles. The first-order valence-corrected chi connectivity index (χ1v) is 34.9. The van der Waals surface area contributed by atoms with E-state index in [1.54, 1.807) is 32.6 Å². The molecule has 3 aliphatic rings. The maximum Gasteiger partial charge on any atom is 0.303 e. The summed E-state index contributed by atoms with van der Waals surface area (Å²) in [6.45, 7) is 19.1. The zero-order chi connectivity index (χ0) is 74.6. The third-order valence-corrected chi connectivity index (χ3v) is 17.1. The number of Topliss-reactive ketones (excluding diaryl/α,β-unsaturated/α-hetero) is 1. The van der Waals surface area contributed by atoms with Crippen molar-refractivity contribution in [1.82, 2.24) is 31.1 Å². The van der Waals surface area contributed by atoms with Gasteiger partial charge in [0.15, 0.2) is 18.9 Å². The van der Waals surface area contributed by atoms with Crippen LogP contribution >= 0.6 is 0 Å². The highest BCUT2D eigenvalue weighted by molar-refractivity contribution is 5.81. The smallest absolute Gasteiger partial charge is 0.303 e. The second-order valence-corrected chi connectivity index (χ2v) is 25.7. The van der Waals surface area contributed by atoms with Crippen molar-refractivity contribution in [1.29, 1.82) is 0 Å². The topological polar surface area (TPSA) is 407 Å². The largest absolute Gasteiger partial charge is 0.463 e. The van der Waals surface area contributed by atoms with Crippen molar-refractivity contribution >= 4 is 77.0 Å². The second-order valence-electron chi connectivity index (χ2n) is 25.7. The van der Waals surface area contributed by atoms with E-state index in [9.17, 15) is 67.4 Å². The van der Waals surface area contributed by atoms with Crippen LogP contribution in [0.25, 0.3) is 0 Å². The van der Waals surface area contributed by atoms with Gasteiger partial charge in [0.25, 0.3) is 5.91 Å². The van der Waals surface area contributed by atoms with Crippen molar-refractivity contribution in [3.63, 3.8) is 0 Å². The first-order chi connectivity index (χ1) is 47.3. The van der Waals surface area contributed by atoms with Gasteiger partial charge in [-0.15, -0.1) is 0 Å². The average molecular weight is 1430 g/mol. The number of esters is 6. The summed E-state index contributed by atoms with van der Waals surface area (Å²) in [5, 5.41) is 22.0. The van der Waals surface area contributed by atoms with Crippen LogP contribution in [0.1, 0.15) is 186 Å². The fourth-order valence-electron chi connectivity index (χ4n) is 12.0. The van der Waals surface area contributed by atoms with E-state index in [4.69, 9.17) is 56.8 Å². The Morgan fingerprint density at radius 2 is 0.760 bits per heavy atom. The number of aliphatic hydroxyl groups excluding tert-OH is 1. The summed E-state index contributed by atoms with van der Waals surface area (Å²) in [6.07, 6.45) is -4.62. The monoisotopic (exact) mass is 1430 g/mol. The standard InChI is InChI=1S/C68H112N6O26/c1-14-53(85)65(88)74(31-23-29-69-57(86)27-17-21-35-90-67-60(71-44(6)76)41(3)63(96-50(12)82)55(99-67)38-93-47(9)79)33-24-32-73(58(87)28-18-22-36-91-68-61(72-45(7)77)42(4)64(97-51(13)83)56(100-68)39-94-48(10)80)30-19-15-25-52(84)26-16-20-34-89-66-59(70-43(5)75)40(2)62(95-49(11)81)54(98-66)37-92-46(8)78/h40-42,53-56,59-64,66-68,85H,14-39H2,1-13H3,(H,69,86)(H,70,75)(H,71,76)(H,72,77)/t40-,41-,42-,53?,54?,55?,56?,59?,60?,61?,62-,63-,64-,66-,67-,68-/m1/s1. The number of aliphatic hydroxyl groups is 1. The van der Waals surface area contributed by atoms with Gasteiger partial charge in [0, 0.05) is 158 Å². The Bertz CT molecular complexity index is 2640. The Morgan fingerprint density at radius 3 is 1.12 bits per heavy atom. The molecule has 0 radical (unpaired) electrons. The van der Waals surface area contributed by atoms with Crippen LogP contribution in [0, 0.1) is 17.8 Å². The van der Waals surface area contributed by atoms with Crippen LogP contribution in [0.5, 0.6) is 0 Å². The molecular formula is C68H112N6O26. The molecule has 570 valence electrons. The van der Waals surface area contributed by atoms with E-state index in [-0.39, 0.29) is 140 Å². The Morgan fingerprint density at radius 1 is 0.420 bits per heavy atom. The molecule has 3 saturated heterocycles. The maximum absolute atomic E-state index is 14.1. The van der Waals surface area contributed by atoms with E-state index in [1.165, 1.54) is 67.2 Å². The lowest BCUT2D eigenvalue weighted by molar-refractivity contribution is -0.262. The van der Waals surface area contributed by atoms with Gasteiger partial charge in [-0.05, 0) is 70.6 Å². The molecule has 0 bridgehead atoms. The van der Waals surface area contributed by atoms with Crippen LogP contribution in [0.15, 0.2) is 0 Å². The van der Waals surface area contributed by atoms with E-state index in [0.717, 1.165) is 0 Å². The van der Waals surface area contributed by atoms with Gasteiger partial charge in [-0.1, -0.05) is 27.7 Å². The van der Waals surface area contributed by atoms with Crippen molar-refractivity contribution in [2.24, 2.45) is 17.8 Å². The van der Waals surface area contributed by atoms with Gasteiger partial charge in [-0.3, -0.25) is 62.3 Å². The number of rotatable bonds is 45. The van der Waals surface area contributed by atoms with Gasteiger partial charge < -0.3 is 93.0 Å². The van der Waals surface area contributed by atoms with E-state index in [1.807, 2.05) is 0 Å². The molecule has 6 amide bonds. The fraction of sp³-hybridized carbons (Fsp3) is 0.809. The molecule has 3 aliphatic heterocycles. The molecule has 3 heterocycles. The molecule has 5 N–H and O–H groups in total. The van der Waals surface area contributed by atoms with Gasteiger partial charge >= 0.3 is 35.8 Å². The minimum atomic E-state index is -1.29. The van der Waals surface area contributed by atoms with Gasteiger partial charge in [0.2, 0.25) is 29.5 Å². The Labute approximate surface area is 586 Å². The van der Waals surface area contributed by atoms with Crippen molar-refractivity contribution in [2.45, 2.75) is 266 Å². The highest BCUT2D eigenvalue weighted by atomic mass is 16.7. The van der Waals surface area contributed by atoms with Crippen LogP contribution in [0.2, 0.25) is 0 Å². The lowest BCUT2D eigenvalue weighted by Gasteiger charge is -2.44. The number of hydrogen-bond donors (Lipinski definition) is 5. The average Bonchev–Trinajstić information content (AvgIpc) is 0.812. The molecule has 16 atom stereocenters. The number of carbonyl (C=O) groups is 13. The number of ether oxygens (including phenoxy) is 12. The summed E-state index contributed by atoms with van der Waals surface area (Å²) < 4.78 is 68.8. The van der Waals surface area contributed by atoms with Crippen molar-refractivity contribution in [3.8, 4) is 0 Å². The quantitative estimate of drug-likeness (QED) is 0.0332. The molecule has 32 heteroatoms. The first-order valence-electron chi connectivity index (χ1n) is 34.9. The lowest BCUT2D eigenvalue weighted by Crippen LogP contribution is -2.62. The summed E-state index contributed by atoms with van der Waals surface area (Å²) in [4.78, 5) is 165. The first kappa shape index (κ1) is 87.2. The van der Waals surface area contributed by atoms with Crippen LogP contribution in [-0.2, 0) is 119 Å². The lowest BCUT2D eigenvalue weighted by atomic mass is 9.88. The molecule has 100 heavy (non-hydrogen) atoms. The van der Waals surface area contributed by atoms with Gasteiger partial charge in [0.05, 0.1) is 18.1 Å². The molecule has 3 fully saturated rings.